The number of hydrogen-bond acceptors (Lipinski definition) is 6. The number of carbonyl (C=O) groups is 2. The summed E-state index contributed by atoms with van der Waals surface area (Å²) in [7, 11) is 1.87. The molecule has 196 valence electrons. The van der Waals surface area contributed by atoms with E-state index in [0.717, 1.165) is 49.8 Å². The third-order valence-electron chi connectivity index (χ3n) is 8.64. The highest BCUT2D eigenvalue weighted by Crippen LogP contribution is 2.33. The van der Waals surface area contributed by atoms with Gasteiger partial charge in [-0.05, 0) is 50.7 Å². The molecular formula is C27H38N4O5. The highest BCUT2D eigenvalue weighted by atomic mass is 16.8. The van der Waals surface area contributed by atoms with E-state index in [1.165, 1.54) is 6.42 Å². The smallest absolute Gasteiger partial charge is 0.414 e. The third-order valence-corrected chi connectivity index (χ3v) is 8.64. The van der Waals surface area contributed by atoms with E-state index in [9.17, 15) is 20.0 Å². The zero-order valence-electron chi connectivity index (χ0n) is 21.1. The molecule has 0 bridgehead atoms. The number of ether oxygens (including phenoxy) is 1. The first kappa shape index (κ1) is 25.2. The van der Waals surface area contributed by atoms with Crippen molar-refractivity contribution in [3.05, 3.63) is 46.7 Å². The molecule has 1 saturated carbocycles. The highest BCUT2D eigenvalue weighted by Gasteiger charge is 2.40. The molecule has 2 fully saturated rings. The molecule has 2 aliphatic carbocycles. The van der Waals surface area contributed by atoms with Crippen molar-refractivity contribution in [2.45, 2.75) is 88.6 Å². The number of nitrogens with zero attached hydrogens (tertiary/aromatic N) is 3. The SMILES string of the molecule is CN(C(=O)C1=CC([NH+]([O-])O)C(N2CCC(N3C(=O)OCc4ccccc43)CC2)CC1)C1CCCCC1. The number of amides is 2. The largest absolute Gasteiger partial charge is 0.600 e. The molecule has 1 aromatic carbocycles. The quantitative estimate of drug-likeness (QED) is 0.606. The van der Waals surface area contributed by atoms with E-state index in [1.54, 1.807) is 11.0 Å². The van der Waals surface area contributed by atoms with Crippen molar-refractivity contribution in [1.82, 2.24) is 9.80 Å². The van der Waals surface area contributed by atoms with Gasteiger partial charge in [-0.25, -0.2) is 15.2 Å². The Morgan fingerprint density at radius 3 is 2.56 bits per heavy atom. The van der Waals surface area contributed by atoms with Crippen molar-refractivity contribution < 1.29 is 24.8 Å². The molecular weight excluding hydrogens is 460 g/mol. The first-order valence-corrected chi connectivity index (χ1v) is 13.4. The van der Waals surface area contributed by atoms with Gasteiger partial charge >= 0.3 is 6.09 Å². The van der Waals surface area contributed by atoms with Crippen LogP contribution < -0.4 is 10.1 Å². The molecule has 1 saturated heterocycles. The molecule has 36 heavy (non-hydrogen) atoms. The maximum Gasteiger partial charge on any atom is 0.414 e. The Bertz CT molecular complexity index is 984. The predicted octanol–water partition coefficient (Wildman–Crippen LogP) is 2.63. The minimum Gasteiger partial charge on any atom is -0.600 e. The summed E-state index contributed by atoms with van der Waals surface area (Å²) in [6.07, 6.45) is 9.79. The van der Waals surface area contributed by atoms with Crippen molar-refractivity contribution in [2.24, 2.45) is 0 Å². The number of hydroxylamine groups is 2. The Hall–Kier alpha value is -2.46. The van der Waals surface area contributed by atoms with Crippen LogP contribution in [-0.2, 0) is 16.1 Å². The number of rotatable bonds is 5. The number of hydrogen-bond donors (Lipinski definition) is 2. The van der Waals surface area contributed by atoms with Gasteiger partial charge in [0.05, 0.1) is 11.7 Å². The number of quaternary nitrogens is 1. The summed E-state index contributed by atoms with van der Waals surface area (Å²) in [5.41, 5.74) is 2.58. The first-order valence-electron chi connectivity index (χ1n) is 13.4. The number of nitrogens with one attached hydrogen (secondary N) is 1. The lowest BCUT2D eigenvalue weighted by Gasteiger charge is -2.45. The van der Waals surface area contributed by atoms with Crippen molar-refractivity contribution in [2.75, 3.05) is 25.0 Å². The highest BCUT2D eigenvalue weighted by molar-refractivity contribution is 5.94. The molecule has 2 amide bonds. The van der Waals surface area contributed by atoms with Crippen LogP contribution in [0.15, 0.2) is 35.9 Å². The maximum atomic E-state index is 13.2. The number of likely N-dealkylation sites (N-methyl/N-ethyl adjacent to an activating group) is 1. The minimum atomic E-state index is -0.874. The summed E-state index contributed by atoms with van der Waals surface area (Å²) in [6, 6.07) is 7.30. The van der Waals surface area contributed by atoms with Crippen molar-refractivity contribution in [3.8, 4) is 0 Å². The molecule has 5 rings (SSSR count). The fraction of sp³-hybridized carbons (Fsp3) is 0.630. The van der Waals surface area contributed by atoms with Crippen molar-refractivity contribution in [1.29, 1.82) is 0 Å². The second-order valence-electron chi connectivity index (χ2n) is 10.7. The number of piperidine rings is 1. The van der Waals surface area contributed by atoms with Crippen molar-refractivity contribution in [3.63, 3.8) is 0 Å². The van der Waals surface area contributed by atoms with Gasteiger partial charge in [0.2, 0.25) is 5.91 Å². The van der Waals surface area contributed by atoms with Crippen LogP contribution in [-0.4, -0.2) is 71.3 Å². The van der Waals surface area contributed by atoms with E-state index >= 15 is 0 Å². The van der Waals surface area contributed by atoms with E-state index in [0.29, 0.717) is 38.1 Å². The minimum absolute atomic E-state index is 0.00687. The summed E-state index contributed by atoms with van der Waals surface area (Å²) in [5.74, 6) is -0.00687. The van der Waals surface area contributed by atoms with Gasteiger partial charge < -0.3 is 14.8 Å². The van der Waals surface area contributed by atoms with Gasteiger partial charge in [-0.2, -0.15) is 0 Å². The number of likely N-dealkylation sites (tertiary alicyclic amines) is 1. The van der Waals surface area contributed by atoms with Gasteiger partial charge in [0, 0.05) is 43.4 Å². The Morgan fingerprint density at radius 2 is 1.83 bits per heavy atom. The number of carbonyl (C=O) groups excluding carboxylic acids is 2. The second-order valence-corrected chi connectivity index (χ2v) is 10.7. The number of benzene rings is 1. The Kier molecular flexibility index (Phi) is 7.62. The molecule has 3 atom stereocenters. The number of fused-ring (bicyclic) bond motifs is 1. The Balaban J connectivity index is 1.24. The molecule has 9 nitrogen and oxygen atoms in total. The van der Waals surface area contributed by atoms with Crippen LogP contribution in [0.4, 0.5) is 10.5 Å². The Labute approximate surface area is 212 Å². The average Bonchev–Trinajstić information content (AvgIpc) is 2.92. The van der Waals surface area contributed by atoms with Crippen LogP contribution in [0, 0.1) is 5.21 Å². The average molecular weight is 499 g/mol. The summed E-state index contributed by atoms with van der Waals surface area (Å²) >= 11 is 0. The zero-order valence-corrected chi connectivity index (χ0v) is 21.1. The lowest BCUT2D eigenvalue weighted by molar-refractivity contribution is -1.06. The van der Waals surface area contributed by atoms with Gasteiger partial charge in [0.15, 0.2) is 6.04 Å². The number of para-hydroxylation sites is 1. The maximum absolute atomic E-state index is 13.2. The molecule has 0 radical (unpaired) electrons. The van der Waals surface area contributed by atoms with Gasteiger partial charge in [0.25, 0.3) is 0 Å². The van der Waals surface area contributed by atoms with Crippen LogP contribution in [0.5, 0.6) is 0 Å². The summed E-state index contributed by atoms with van der Waals surface area (Å²) in [6.45, 7) is 1.73. The standard InChI is InChI=1S/C27H38N4O5/c1-28(21-8-3-2-4-9-21)26(32)19-11-12-24(25(17-19)31(34)35)29-15-13-22(14-16-29)30-23-10-6-5-7-20(23)18-36-27(30)33/h5-7,10,17,21-22,24-25,31,34H,2-4,8-9,11-16,18H2,1H3. The summed E-state index contributed by atoms with van der Waals surface area (Å²) < 4.78 is 5.41. The van der Waals surface area contributed by atoms with Crippen LogP contribution in [0.1, 0.15) is 63.4 Å². The Morgan fingerprint density at radius 1 is 1.11 bits per heavy atom. The molecule has 9 heteroatoms. The van der Waals surface area contributed by atoms with E-state index < -0.39 is 11.3 Å². The van der Waals surface area contributed by atoms with Crippen molar-refractivity contribution >= 4 is 17.7 Å². The first-order chi connectivity index (χ1) is 17.4. The normalized spacial score (nSPS) is 27.1. The molecule has 2 aliphatic heterocycles. The van der Waals surface area contributed by atoms with Crippen LogP contribution >= 0.6 is 0 Å². The molecule has 4 aliphatic rings. The zero-order chi connectivity index (χ0) is 25.2. The van der Waals surface area contributed by atoms with Gasteiger partial charge in [-0.15, -0.1) is 0 Å². The molecule has 2 N–H and O–H groups in total. The monoisotopic (exact) mass is 498 g/mol. The fourth-order valence-electron chi connectivity index (χ4n) is 6.58. The summed E-state index contributed by atoms with van der Waals surface area (Å²) in [5, 5.41) is 21.5. The van der Waals surface area contributed by atoms with Gasteiger partial charge in [-0.3, -0.25) is 14.6 Å². The fourth-order valence-corrected chi connectivity index (χ4v) is 6.58. The van der Waals surface area contributed by atoms with Crippen LogP contribution in [0.2, 0.25) is 0 Å². The molecule has 0 spiro atoms. The lowest BCUT2D eigenvalue weighted by atomic mass is 9.87. The van der Waals surface area contributed by atoms with Gasteiger partial charge in [0.1, 0.15) is 6.61 Å². The van der Waals surface area contributed by atoms with Crippen LogP contribution in [0.25, 0.3) is 0 Å². The predicted molar refractivity (Wildman–Crippen MR) is 134 cm³/mol. The number of anilines is 1. The van der Waals surface area contributed by atoms with Crippen LogP contribution in [0.3, 0.4) is 0 Å². The second kappa shape index (κ2) is 10.9. The lowest BCUT2D eigenvalue weighted by Crippen LogP contribution is -3.10. The van der Waals surface area contributed by atoms with E-state index in [4.69, 9.17) is 4.74 Å². The summed E-state index contributed by atoms with van der Waals surface area (Å²) in [4.78, 5) is 31.7. The topological polar surface area (TPSA) is 101 Å². The molecule has 2 heterocycles. The van der Waals surface area contributed by atoms with E-state index in [2.05, 4.69) is 4.90 Å². The van der Waals surface area contributed by atoms with E-state index in [-0.39, 0.29) is 30.1 Å². The third kappa shape index (κ3) is 5.02. The molecule has 3 unspecified atom stereocenters. The molecule has 0 aromatic heterocycles. The van der Waals surface area contributed by atoms with Gasteiger partial charge in [-0.1, -0.05) is 37.5 Å². The number of cyclic esters (lactones) is 1. The molecule has 1 aromatic rings. The van der Waals surface area contributed by atoms with E-state index in [1.807, 2.05) is 36.2 Å².